The molecule has 3 atom stereocenters. The summed E-state index contributed by atoms with van der Waals surface area (Å²) in [5, 5.41) is 2.71. The van der Waals surface area contributed by atoms with E-state index in [-0.39, 0.29) is 0 Å². The highest BCUT2D eigenvalue weighted by Gasteiger charge is 2.51. The minimum atomic E-state index is 0.476. The van der Waals surface area contributed by atoms with Crippen molar-refractivity contribution in [1.29, 1.82) is 0 Å². The normalized spacial score (nSPS) is 26.1. The van der Waals surface area contributed by atoms with Gasteiger partial charge in [0.2, 0.25) is 0 Å². The Morgan fingerprint density at radius 2 is 1.66 bits per heavy atom. The number of piperidine rings is 1. The van der Waals surface area contributed by atoms with Crippen LogP contribution in [0.4, 0.5) is 5.69 Å². The summed E-state index contributed by atoms with van der Waals surface area (Å²) in [4.78, 5) is 2.74. The van der Waals surface area contributed by atoms with Gasteiger partial charge in [0.15, 0.2) is 0 Å². The summed E-state index contributed by atoms with van der Waals surface area (Å²) >= 11 is 0. The minimum absolute atomic E-state index is 0.476. The number of aromatic nitrogens is 1. The Bertz CT molecular complexity index is 1240. The number of benzene rings is 3. The lowest BCUT2D eigenvalue weighted by Crippen LogP contribution is -2.42. The molecule has 1 saturated carbocycles. The molecule has 2 nitrogen and oxygen atoms in total. The molecule has 146 valence electrons. The smallest absolute Gasteiger partial charge is 0.0545 e. The SMILES string of the molecule is Cc1cc2c(cc1N1C3CCC(C)(C3)[C@@H]1C)c1ccccc1n2-c1ccccc1. The lowest BCUT2D eigenvalue weighted by atomic mass is 9.82. The Morgan fingerprint density at radius 1 is 0.897 bits per heavy atom. The van der Waals surface area contributed by atoms with Crippen molar-refractivity contribution in [2.45, 2.75) is 52.1 Å². The van der Waals surface area contributed by atoms with Crippen LogP contribution in [-0.4, -0.2) is 16.7 Å². The first-order valence-corrected chi connectivity index (χ1v) is 10.9. The Balaban J connectivity index is 1.62. The lowest BCUT2D eigenvalue weighted by Gasteiger charge is -2.40. The molecule has 2 fully saturated rings. The van der Waals surface area contributed by atoms with Crippen LogP contribution < -0.4 is 4.90 Å². The molecule has 2 bridgehead atoms. The van der Waals surface area contributed by atoms with Crippen molar-refractivity contribution in [1.82, 2.24) is 4.57 Å². The summed E-state index contributed by atoms with van der Waals surface area (Å²) in [5.74, 6) is 0. The molecular formula is C27H28N2. The average Bonchev–Trinajstić information content (AvgIpc) is 3.35. The first-order valence-electron chi connectivity index (χ1n) is 10.9. The molecule has 2 heteroatoms. The van der Waals surface area contributed by atoms with E-state index < -0.39 is 0 Å². The third-order valence-electron chi connectivity index (χ3n) is 7.85. The summed E-state index contributed by atoms with van der Waals surface area (Å²) in [6.45, 7) is 7.23. The predicted octanol–water partition coefficient (Wildman–Crippen LogP) is 6.86. The van der Waals surface area contributed by atoms with Gasteiger partial charge in [-0.3, -0.25) is 0 Å². The summed E-state index contributed by atoms with van der Waals surface area (Å²) in [6.07, 6.45) is 4.06. The molecule has 1 aliphatic heterocycles. The van der Waals surface area contributed by atoms with E-state index in [1.807, 2.05) is 0 Å². The molecule has 1 aromatic heterocycles. The Labute approximate surface area is 172 Å². The molecule has 2 heterocycles. The fraction of sp³-hybridized carbons (Fsp3) is 0.333. The summed E-state index contributed by atoms with van der Waals surface area (Å²) in [7, 11) is 0. The van der Waals surface area contributed by atoms with Crippen LogP contribution in [0.15, 0.2) is 66.7 Å². The number of rotatable bonds is 2. The standard InChI is InChI=1S/C27H28N2/c1-18-15-26-23(16-25(18)28-19(2)27(3)14-13-21(28)17-27)22-11-7-8-12-24(22)29(26)20-9-5-4-6-10-20/h4-12,15-16,19,21H,13-14,17H2,1-3H3/t19-,21?,27?/m0/s1. The van der Waals surface area contributed by atoms with E-state index in [4.69, 9.17) is 0 Å². The lowest BCUT2D eigenvalue weighted by molar-refractivity contribution is 0.295. The topological polar surface area (TPSA) is 8.17 Å². The highest BCUT2D eigenvalue weighted by Crippen LogP contribution is 2.54. The first kappa shape index (κ1) is 17.1. The largest absolute Gasteiger partial charge is 0.365 e. The van der Waals surface area contributed by atoms with Crippen molar-refractivity contribution in [3.63, 3.8) is 0 Å². The van der Waals surface area contributed by atoms with Crippen LogP contribution >= 0.6 is 0 Å². The molecule has 29 heavy (non-hydrogen) atoms. The summed E-state index contributed by atoms with van der Waals surface area (Å²) < 4.78 is 2.42. The molecule has 6 rings (SSSR count). The third-order valence-corrected chi connectivity index (χ3v) is 7.85. The van der Waals surface area contributed by atoms with Crippen LogP contribution in [-0.2, 0) is 0 Å². The third kappa shape index (κ3) is 2.29. The molecule has 3 aromatic carbocycles. The van der Waals surface area contributed by atoms with Crippen molar-refractivity contribution in [3.8, 4) is 5.69 Å². The zero-order chi connectivity index (χ0) is 19.8. The molecule has 1 aliphatic carbocycles. The van der Waals surface area contributed by atoms with Crippen molar-refractivity contribution < 1.29 is 0 Å². The minimum Gasteiger partial charge on any atom is -0.365 e. The van der Waals surface area contributed by atoms with Crippen LogP contribution in [0, 0.1) is 12.3 Å². The van der Waals surface area contributed by atoms with E-state index in [0.717, 1.165) is 0 Å². The van der Waals surface area contributed by atoms with Crippen LogP contribution in [0.5, 0.6) is 0 Å². The molecule has 0 amide bonds. The van der Waals surface area contributed by atoms with Gasteiger partial charge >= 0.3 is 0 Å². The van der Waals surface area contributed by atoms with Gasteiger partial charge in [0.05, 0.1) is 11.0 Å². The maximum atomic E-state index is 2.74. The van der Waals surface area contributed by atoms with Gasteiger partial charge < -0.3 is 9.47 Å². The maximum Gasteiger partial charge on any atom is 0.0545 e. The molecule has 4 aromatic rings. The van der Waals surface area contributed by atoms with Crippen molar-refractivity contribution in [3.05, 3.63) is 72.3 Å². The number of nitrogens with zero attached hydrogens (tertiary/aromatic N) is 2. The molecule has 2 unspecified atom stereocenters. The van der Waals surface area contributed by atoms with Gasteiger partial charge in [-0.2, -0.15) is 0 Å². The first-order chi connectivity index (χ1) is 14.1. The van der Waals surface area contributed by atoms with Crippen LogP contribution in [0.3, 0.4) is 0 Å². The van der Waals surface area contributed by atoms with E-state index >= 15 is 0 Å². The number of anilines is 1. The summed E-state index contributed by atoms with van der Waals surface area (Å²) in [5.41, 5.74) is 7.13. The quantitative estimate of drug-likeness (QED) is 0.369. The van der Waals surface area contributed by atoms with E-state index in [1.165, 1.54) is 58.0 Å². The second-order valence-corrected chi connectivity index (χ2v) is 9.48. The van der Waals surface area contributed by atoms with E-state index in [2.05, 4.69) is 97.0 Å². The van der Waals surface area contributed by atoms with Crippen LogP contribution in [0.25, 0.3) is 27.5 Å². The van der Waals surface area contributed by atoms with Gasteiger partial charge in [-0.25, -0.2) is 0 Å². The number of fused-ring (bicyclic) bond motifs is 5. The van der Waals surface area contributed by atoms with E-state index in [9.17, 15) is 0 Å². The Kier molecular flexibility index (Phi) is 3.48. The number of aryl methyl sites for hydroxylation is 1. The second-order valence-electron chi connectivity index (χ2n) is 9.48. The Morgan fingerprint density at radius 3 is 2.41 bits per heavy atom. The highest BCUT2D eigenvalue weighted by atomic mass is 15.2. The fourth-order valence-electron chi connectivity index (χ4n) is 6.15. The van der Waals surface area contributed by atoms with Gasteiger partial charge in [0.25, 0.3) is 0 Å². The van der Waals surface area contributed by atoms with E-state index in [0.29, 0.717) is 17.5 Å². The van der Waals surface area contributed by atoms with Crippen LogP contribution in [0.2, 0.25) is 0 Å². The van der Waals surface area contributed by atoms with E-state index in [1.54, 1.807) is 0 Å². The van der Waals surface area contributed by atoms with Gasteiger partial charge in [-0.15, -0.1) is 0 Å². The fourth-order valence-corrected chi connectivity index (χ4v) is 6.15. The van der Waals surface area contributed by atoms with Gasteiger partial charge in [-0.05, 0) is 74.4 Å². The molecule has 2 aliphatic rings. The van der Waals surface area contributed by atoms with Crippen LogP contribution in [0.1, 0.15) is 38.7 Å². The van der Waals surface area contributed by atoms with Gasteiger partial charge in [0, 0.05) is 34.2 Å². The monoisotopic (exact) mass is 380 g/mol. The molecule has 0 spiro atoms. The Hall–Kier alpha value is -2.74. The van der Waals surface area contributed by atoms with Crippen molar-refractivity contribution in [2.75, 3.05) is 4.90 Å². The van der Waals surface area contributed by atoms with Gasteiger partial charge in [-0.1, -0.05) is 43.3 Å². The zero-order valence-electron chi connectivity index (χ0n) is 17.5. The number of hydrogen-bond acceptors (Lipinski definition) is 1. The highest BCUT2D eigenvalue weighted by molar-refractivity contribution is 6.10. The number of para-hydroxylation sites is 2. The van der Waals surface area contributed by atoms with Gasteiger partial charge in [0.1, 0.15) is 0 Å². The average molecular weight is 381 g/mol. The van der Waals surface area contributed by atoms with Crippen molar-refractivity contribution in [2.24, 2.45) is 5.41 Å². The molecule has 0 N–H and O–H groups in total. The number of hydrogen-bond donors (Lipinski definition) is 0. The molecular weight excluding hydrogens is 352 g/mol. The summed E-state index contributed by atoms with van der Waals surface area (Å²) in [6, 6.07) is 25.8. The molecule has 1 saturated heterocycles. The predicted molar refractivity (Wildman–Crippen MR) is 123 cm³/mol. The second kappa shape index (κ2) is 5.89. The zero-order valence-corrected chi connectivity index (χ0v) is 17.5. The molecule has 0 radical (unpaired) electrons. The van der Waals surface area contributed by atoms with Crippen molar-refractivity contribution >= 4 is 27.5 Å². The maximum absolute atomic E-state index is 2.74.